The zero-order chi connectivity index (χ0) is 20.1. The first-order valence-electron chi connectivity index (χ1n) is 10.1. The van der Waals surface area contributed by atoms with Crippen LogP contribution in [0.4, 0.5) is 6.01 Å². The zero-order valence-corrected chi connectivity index (χ0v) is 16.6. The molecule has 1 amide bonds. The van der Waals surface area contributed by atoms with Gasteiger partial charge in [-0.25, -0.2) is 4.98 Å². The Morgan fingerprint density at radius 2 is 2.21 bits per heavy atom. The van der Waals surface area contributed by atoms with Gasteiger partial charge in [0.1, 0.15) is 5.75 Å². The summed E-state index contributed by atoms with van der Waals surface area (Å²) >= 11 is 0. The van der Waals surface area contributed by atoms with Gasteiger partial charge in [0, 0.05) is 32.3 Å². The van der Waals surface area contributed by atoms with Crippen molar-refractivity contribution in [3.63, 3.8) is 0 Å². The molecule has 0 spiro atoms. The molecule has 152 valence electrons. The first-order chi connectivity index (χ1) is 14.2. The molecule has 1 atom stereocenters. The van der Waals surface area contributed by atoms with E-state index in [1.807, 2.05) is 36.4 Å². The molecule has 1 N–H and O–H groups in total. The molecule has 1 saturated heterocycles. The number of hydrogen-bond acceptors (Lipinski definition) is 6. The molecule has 0 saturated carbocycles. The van der Waals surface area contributed by atoms with Crippen molar-refractivity contribution in [2.75, 3.05) is 31.6 Å². The maximum Gasteiger partial charge on any atom is 0.299 e. The lowest BCUT2D eigenvalue weighted by molar-refractivity contribution is -0.122. The summed E-state index contributed by atoms with van der Waals surface area (Å²) in [5, 5.41) is 3.04. The molecule has 2 aromatic heterocycles. The fourth-order valence-electron chi connectivity index (χ4n) is 3.88. The number of carbonyl (C=O) groups is 1. The fourth-order valence-corrected chi connectivity index (χ4v) is 3.88. The second kappa shape index (κ2) is 8.94. The number of para-hydroxylation sites is 1. The van der Waals surface area contributed by atoms with E-state index in [9.17, 15) is 4.79 Å². The van der Waals surface area contributed by atoms with Crippen molar-refractivity contribution in [2.24, 2.45) is 5.92 Å². The lowest BCUT2D eigenvalue weighted by Crippen LogP contribution is -2.38. The minimum atomic E-state index is 0.0889. The molecule has 3 heterocycles. The summed E-state index contributed by atoms with van der Waals surface area (Å²) in [6, 6.07) is 12.2. The van der Waals surface area contributed by atoms with Crippen LogP contribution >= 0.6 is 0 Å². The van der Waals surface area contributed by atoms with Gasteiger partial charge in [0.25, 0.3) is 6.01 Å². The molecule has 1 aromatic carbocycles. The molecule has 29 heavy (non-hydrogen) atoms. The number of pyridine rings is 1. The Bertz CT molecular complexity index is 938. The normalized spacial score (nSPS) is 16.7. The number of rotatable bonds is 7. The minimum absolute atomic E-state index is 0.0889. The highest BCUT2D eigenvalue weighted by Crippen LogP contribution is 2.27. The van der Waals surface area contributed by atoms with E-state index in [-0.39, 0.29) is 11.8 Å². The van der Waals surface area contributed by atoms with Gasteiger partial charge in [0.05, 0.1) is 7.11 Å². The summed E-state index contributed by atoms with van der Waals surface area (Å²) in [5.74, 6) is 1.24. The Balaban J connectivity index is 1.28. The first-order valence-corrected chi connectivity index (χ1v) is 10.1. The molecule has 4 rings (SSSR count). The van der Waals surface area contributed by atoms with Gasteiger partial charge in [-0.3, -0.25) is 4.79 Å². The van der Waals surface area contributed by atoms with Crippen molar-refractivity contribution >= 4 is 23.2 Å². The van der Waals surface area contributed by atoms with Crippen LogP contribution in [-0.4, -0.2) is 42.6 Å². The summed E-state index contributed by atoms with van der Waals surface area (Å²) in [6.07, 6.45) is 5.03. The topological polar surface area (TPSA) is 80.5 Å². The van der Waals surface area contributed by atoms with Gasteiger partial charge in [-0.05, 0) is 48.9 Å². The summed E-state index contributed by atoms with van der Waals surface area (Å²) in [5.41, 5.74) is 2.42. The van der Waals surface area contributed by atoms with Crippen molar-refractivity contribution in [3.8, 4) is 5.75 Å². The number of hydrogen-bond donors (Lipinski definition) is 1. The van der Waals surface area contributed by atoms with Gasteiger partial charge in [-0.1, -0.05) is 18.2 Å². The lowest BCUT2D eigenvalue weighted by Gasteiger charge is -2.31. The number of ether oxygens (including phenoxy) is 1. The van der Waals surface area contributed by atoms with E-state index in [0.717, 1.165) is 43.7 Å². The van der Waals surface area contributed by atoms with E-state index in [2.05, 4.69) is 20.2 Å². The fraction of sp³-hybridized carbons (Fsp3) is 0.409. The predicted octanol–water partition coefficient (Wildman–Crippen LogP) is 3.20. The molecule has 0 aliphatic carbocycles. The summed E-state index contributed by atoms with van der Waals surface area (Å²) < 4.78 is 11.2. The molecule has 7 nitrogen and oxygen atoms in total. The number of amides is 1. The largest absolute Gasteiger partial charge is 0.496 e. The van der Waals surface area contributed by atoms with E-state index >= 15 is 0 Å². The number of anilines is 1. The number of carbonyl (C=O) groups excluding carboxylic acids is 1. The molecule has 1 unspecified atom stereocenters. The Labute approximate surface area is 170 Å². The van der Waals surface area contributed by atoms with Crippen LogP contribution in [-0.2, 0) is 11.2 Å². The van der Waals surface area contributed by atoms with Crippen molar-refractivity contribution in [2.45, 2.75) is 25.7 Å². The summed E-state index contributed by atoms with van der Waals surface area (Å²) in [6.45, 7) is 2.26. The number of nitrogens with zero attached hydrogens (tertiary/aromatic N) is 3. The van der Waals surface area contributed by atoms with E-state index < -0.39 is 0 Å². The molecule has 0 bridgehead atoms. The van der Waals surface area contributed by atoms with Crippen molar-refractivity contribution in [1.29, 1.82) is 0 Å². The average Bonchev–Trinajstić information content (AvgIpc) is 3.19. The van der Waals surface area contributed by atoms with Crippen LogP contribution in [0.15, 0.2) is 47.0 Å². The number of fused-ring (bicyclic) bond motifs is 1. The van der Waals surface area contributed by atoms with Gasteiger partial charge in [0.2, 0.25) is 11.6 Å². The lowest BCUT2D eigenvalue weighted by atomic mass is 9.94. The Morgan fingerprint density at radius 1 is 1.31 bits per heavy atom. The van der Waals surface area contributed by atoms with Crippen LogP contribution in [0.25, 0.3) is 11.2 Å². The zero-order valence-electron chi connectivity index (χ0n) is 16.6. The second-order valence-corrected chi connectivity index (χ2v) is 7.39. The standard InChI is InChI=1S/C22H26N4O3/c1-28-18-8-3-2-7-17(18)10-12-23-20(27)14-16-6-5-13-26(15-16)22-25-21-19(29-22)9-4-11-24-21/h2-4,7-9,11,16H,5-6,10,12-15H2,1H3,(H,23,27). The molecule has 1 fully saturated rings. The Morgan fingerprint density at radius 3 is 3.07 bits per heavy atom. The van der Waals surface area contributed by atoms with Crippen LogP contribution < -0.4 is 15.0 Å². The number of benzene rings is 1. The molecule has 1 aliphatic rings. The van der Waals surface area contributed by atoms with Gasteiger partial charge < -0.3 is 19.4 Å². The van der Waals surface area contributed by atoms with Gasteiger partial charge in [-0.15, -0.1) is 0 Å². The quantitative estimate of drug-likeness (QED) is 0.663. The van der Waals surface area contributed by atoms with Crippen LogP contribution in [0, 0.1) is 5.92 Å². The number of piperidine rings is 1. The third-order valence-electron chi connectivity index (χ3n) is 5.33. The number of nitrogens with one attached hydrogen (secondary N) is 1. The van der Waals surface area contributed by atoms with Crippen LogP contribution in [0.3, 0.4) is 0 Å². The molecule has 3 aromatic rings. The Hall–Kier alpha value is -3.09. The third kappa shape index (κ3) is 4.67. The summed E-state index contributed by atoms with van der Waals surface area (Å²) in [7, 11) is 1.67. The molecule has 7 heteroatoms. The van der Waals surface area contributed by atoms with Gasteiger partial charge in [-0.2, -0.15) is 4.98 Å². The first kappa shape index (κ1) is 19.2. The van der Waals surface area contributed by atoms with Crippen molar-refractivity contribution in [1.82, 2.24) is 15.3 Å². The highest BCUT2D eigenvalue weighted by molar-refractivity contribution is 5.76. The monoisotopic (exact) mass is 394 g/mol. The van der Waals surface area contributed by atoms with E-state index in [1.165, 1.54) is 0 Å². The molecular formula is C22H26N4O3. The van der Waals surface area contributed by atoms with E-state index in [1.54, 1.807) is 13.3 Å². The maximum atomic E-state index is 12.4. The van der Waals surface area contributed by atoms with E-state index in [0.29, 0.717) is 30.2 Å². The smallest absolute Gasteiger partial charge is 0.299 e. The second-order valence-electron chi connectivity index (χ2n) is 7.39. The highest BCUT2D eigenvalue weighted by atomic mass is 16.5. The SMILES string of the molecule is COc1ccccc1CCNC(=O)CC1CCCN(c2nc3ncccc3o2)C1. The minimum Gasteiger partial charge on any atom is -0.496 e. The van der Waals surface area contributed by atoms with Crippen LogP contribution in [0.2, 0.25) is 0 Å². The van der Waals surface area contributed by atoms with Gasteiger partial charge in [0.15, 0.2) is 5.58 Å². The number of oxazole rings is 1. The van der Waals surface area contributed by atoms with Crippen LogP contribution in [0.5, 0.6) is 5.75 Å². The van der Waals surface area contributed by atoms with E-state index in [4.69, 9.17) is 9.15 Å². The highest BCUT2D eigenvalue weighted by Gasteiger charge is 2.25. The van der Waals surface area contributed by atoms with Gasteiger partial charge >= 0.3 is 0 Å². The molecule has 1 aliphatic heterocycles. The number of aromatic nitrogens is 2. The molecule has 0 radical (unpaired) electrons. The average molecular weight is 394 g/mol. The Kier molecular flexibility index (Phi) is 5.93. The van der Waals surface area contributed by atoms with Crippen molar-refractivity contribution in [3.05, 3.63) is 48.2 Å². The predicted molar refractivity (Wildman–Crippen MR) is 111 cm³/mol. The third-order valence-corrected chi connectivity index (χ3v) is 5.33. The maximum absolute atomic E-state index is 12.4. The number of methoxy groups -OCH3 is 1. The summed E-state index contributed by atoms with van der Waals surface area (Å²) in [4.78, 5) is 23.3. The molecular weight excluding hydrogens is 368 g/mol. The van der Waals surface area contributed by atoms with Crippen molar-refractivity contribution < 1.29 is 13.9 Å². The van der Waals surface area contributed by atoms with Crippen LogP contribution in [0.1, 0.15) is 24.8 Å².